The van der Waals surface area contributed by atoms with E-state index in [1.807, 2.05) is 16.8 Å². The van der Waals surface area contributed by atoms with E-state index in [1.54, 1.807) is 14.2 Å². The van der Waals surface area contributed by atoms with Crippen LogP contribution in [0.4, 0.5) is 0 Å². The van der Waals surface area contributed by atoms with Gasteiger partial charge in [0.05, 0.1) is 14.2 Å². The fourth-order valence-corrected chi connectivity index (χ4v) is 4.52. The third-order valence-electron chi connectivity index (χ3n) is 6.47. The zero-order valence-corrected chi connectivity index (χ0v) is 20.7. The Kier molecular flexibility index (Phi) is 8.13. The molecule has 0 spiro atoms. The molecule has 1 fully saturated rings. The number of tetrazole rings is 1. The average Bonchev–Trinajstić information content (AvgIpc) is 3.32. The van der Waals surface area contributed by atoms with E-state index in [2.05, 4.69) is 75.6 Å². The molecule has 0 radical (unpaired) electrons. The molecule has 8 heteroatoms. The molecule has 0 aliphatic carbocycles. The van der Waals surface area contributed by atoms with Crippen LogP contribution in [-0.4, -0.2) is 70.4 Å². The Morgan fingerprint density at radius 2 is 1.71 bits per heavy atom. The molecule has 2 heterocycles. The smallest absolute Gasteiger partial charge is 0.173 e. The standard InChI is InChI=1S/C26H36N6O2/c1-20(2)12-13-32-26(27-28-29-32)25(23-18-22(33-3)10-11-24(23)34-4)31-16-14-30(15-17-31)19-21-8-6-5-7-9-21/h5-11,18,20,25H,12-17,19H2,1-4H3/t25-/m0/s1. The quantitative estimate of drug-likeness (QED) is 0.454. The third-order valence-corrected chi connectivity index (χ3v) is 6.47. The molecule has 1 aliphatic heterocycles. The number of nitrogens with zero attached hydrogens (tertiary/aromatic N) is 6. The van der Waals surface area contributed by atoms with Crippen molar-refractivity contribution in [2.45, 2.75) is 39.4 Å². The van der Waals surface area contributed by atoms with E-state index in [4.69, 9.17) is 9.47 Å². The summed E-state index contributed by atoms with van der Waals surface area (Å²) in [6.45, 7) is 9.97. The Bertz CT molecular complexity index is 1030. The summed E-state index contributed by atoms with van der Waals surface area (Å²) < 4.78 is 13.3. The van der Waals surface area contributed by atoms with Crippen LogP contribution in [0.25, 0.3) is 0 Å². The molecule has 0 unspecified atom stereocenters. The van der Waals surface area contributed by atoms with Crippen LogP contribution in [0.3, 0.4) is 0 Å². The van der Waals surface area contributed by atoms with Gasteiger partial charge in [-0.25, -0.2) is 4.68 Å². The summed E-state index contributed by atoms with van der Waals surface area (Å²) in [5.74, 6) is 3.03. The van der Waals surface area contributed by atoms with E-state index in [0.717, 1.165) is 68.6 Å². The molecule has 0 amide bonds. The molecular formula is C26H36N6O2. The summed E-state index contributed by atoms with van der Waals surface area (Å²) >= 11 is 0. The maximum atomic E-state index is 5.78. The lowest BCUT2D eigenvalue weighted by Crippen LogP contribution is -2.48. The number of rotatable bonds is 10. The molecule has 0 N–H and O–H groups in total. The number of piperazine rings is 1. The van der Waals surface area contributed by atoms with Crippen LogP contribution in [0.2, 0.25) is 0 Å². The van der Waals surface area contributed by atoms with E-state index < -0.39 is 0 Å². The van der Waals surface area contributed by atoms with Gasteiger partial charge >= 0.3 is 0 Å². The van der Waals surface area contributed by atoms with Gasteiger partial charge < -0.3 is 9.47 Å². The van der Waals surface area contributed by atoms with E-state index in [1.165, 1.54) is 5.56 Å². The van der Waals surface area contributed by atoms with Crippen molar-refractivity contribution in [3.05, 3.63) is 65.5 Å². The second kappa shape index (κ2) is 11.4. The lowest BCUT2D eigenvalue weighted by molar-refractivity contribution is 0.0988. The van der Waals surface area contributed by atoms with Crippen molar-refractivity contribution in [1.29, 1.82) is 0 Å². The van der Waals surface area contributed by atoms with E-state index in [0.29, 0.717) is 5.92 Å². The number of benzene rings is 2. The van der Waals surface area contributed by atoms with E-state index in [-0.39, 0.29) is 6.04 Å². The molecule has 1 aliphatic rings. The van der Waals surface area contributed by atoms with Gasteiger partial charge in [-0.15, -0.1) is 5.10 Å². The molecule has 34 heavy (non-hydrogen) atoms. The Labute approximate surface area is 202 Å². The minimum atomic E-state index is -0.119. The van der Waals surface area contributed by atoms with Crippen molar-refractivity contribution in [2.24, 2.45) is 5.92 Å². The van der Waals surface area contributed by atoms with Crippen LogP contribution in [0, 0.1) is 5.92 Å². The first-order valence-electron chi connectivity index (χ1n) is 12.1. The number of hydrogen-bond acceptors (Lipinski definition) is 7. The topological polar surface area (TPSA) is 68.5 Å². The van der Waals surface area contributed by atoms with Gasteiger partial charge in [0.15, 0.2) is 5.82 Å². The minimum absolute atomic E-state index is 0.119. The lowest BCUT2D eigenvalue weighted by atomic mass is 10.0. The fourth-order valence-electron chi connectivity index (χ4n) is 4.52. The SMILES string of the molecule is COc1ccc(OC)c([C@@H](c2nnnn2CCC(C)C)N2CCN(Cc3ccccc3)CC2)c1. The molecule has 4 rings (SSSR count). The highest BCUT2D eigenvalue weighted by Crippen LogP contribution is 2.37. The van der Waals surface area contributed by atoms with Crippen LogP contribution >= 0.6 is 0 Å². The predicted octanol–water partition coefficient (Wildman–Crippen LogP) is 3.64. The first-order chi connectivity index (χ1) is 16.6. The van der Waals surface area contributed by atoms with Gasteiger partial charge in [-0.2, -0.15) is 0 Å². The van der Waals surface area contributed by atoms with Gasteiger partial charge in [-0.1, -0.05) is 44.2 Å². The monoisotopic (exact) mass is 464 g/mol. The van der Waals surface area contributed by atoms with Crippen LogP contribution in [-0.2, 0) is 13.1 Å². The Morgan fingerprint density at radius 1 is 0.941 bits per heavy atom. The number of aromatic nitrogens is 4. The fraction of sp³-hybridized carbons (Fsp3) is 0.500. The second-order valence-corrected chi connectivity index (χ2v) is 9.25. The van der Waals surface area contributed by atoms with Crippen molar-refractivity contribution >= 4 is 0 Å². The van der Waals surface area contributed by atoms with E-state index in [9.17, 15) is 0 Å². The molecule has 1 aromatic heterocycles. The molecule has 182 valence electrons. The maximum Gasteiger partial charge on any atom is 0.173 e. The van der Waals surface area contributed by atoms with Gasteiger partial charge in [0, 0.05) is 44.8 Å². The van der Waals surface area contributed by atoms with Crippen LogP contribution in [0.15, 0.2) is 48.5 Å². The molecule has 8 nitrogen and oxygen atoms in total. The normalized spacial score (nSPS) is 16.0. The van der Waals surface area contributed by atoms with E-state index >= 15 is 0 Å². The molecule has 3 aromatic rings. The lowest BCUT2D eigenvalue weighted by Gasteiger charge is -2.39. The van der Waals surface area contributed by atoms with Crippen molar-refractivity contribution in [3.8, 4) is 11.5 Å². The van der Waals surface area contributed by atoms with Gasteiger partial charge in [-0.3, -0.25) is 9.80 Å². The average molecular weight is 465 g/mol. The first-order valence-corrected chi connectivity index (χ1v) is 12.1. The van der Waals surface area contributed by atoms with Crippen molar-refractivity contribution in [1.82, 2.24) is 30.0 Å². The largest absolute Gasteiger partial charge is 0.497 e. The van der Waals surface area contributed by atoms with Crippen molar-refractivity contribution in [3.63, 3.8) is 0 Å². The zero-order chi connectivity index (χ0) is 23.9. The van der Waals surface area contributed by atoms with Gasteiger partial charge in [-0.05, 0) is 46.5 Å². The summed E-state index contributed by atoms with van der Waals surface area (Å²) in [7, 11) is 3.40. The molecule has 0 bridgehead atoms. The number of aryl methyl sites for hydroxylation is 1. The highest BCUT2D eigenvalue weighted by molar-refractivity contribution is 5.44. The summed E-state index contributed by atoms with van der Waals surface area (Å²) in [6.07, 6.45) is 1.02. The van der Waals surface area contributed by atoms with Crippen LogP contribution in [0.1, 0.15) is 43.3 Å². The first kappa shape index (κ1) is 24.2. The highest BCUT2D eigenvalue weighted by atomic mass is 16.5. The Morgan fingerprint density at radius 3 is 2.38 bits per heavy atom. The van der Waals surface area contributed by atoms with Gasteiger partial charge in [0.1, 0.15) is 17.5 Å². The van der Waals surface area contributed by atoms with Gasteiger partial charge in [0.2, 0.25) is 0 Å². The summed E-state index contributed by atoms with van der Waals surface area (Å²) in [5.41, 5.74) is 2.37. The van der Waals surface area contributed by atoms with Crippen LogP contribution < -0.4 is 9.47 Å². The van der Waals surface area contributed by atoms with Crippen molar-refractivity contribution in [2.75, 3.05) is 40.4 Å². The maximum absolute atomic E-state index is 5.78. The Balaban J connectivity index is 1.62. The summed E-state index contributed by atoms with van der Waals surface area (Å²) in [6, 6.07) is 16.5. The second-order valence-electron chi connectivity index (χ2n) is 9.25. The van der Waals surface area contributed by atoms with Gasteiger partial charge in [0.25, 0.3) is 0 Å². The third kappa shape index (κ3) is 5.74. The molecule has 0 saturated carbocycles. The van der Waals surface area contributed by atoms with Crippen molar-refractivity contribution < 1.29 is 9.47 Å². The summed E-state index contributed by atoms with van der Waals surface area (Å²) in [5, 5.41) is 12.9. The molecular weight excluding hydrogens is 428 g/mol. The predicted molar refractivity (Wildman–Crippen MR) is 132 cm³/mol. The molecule has 1 atom stereocenters. The molecule has 1 saturated heterocycles. The van der Waals surface area contributed by atoms with Crippen LogP contribution in [0.5, 0.6) is 11.5 Å². The number of ether oxygens (including phenoxy) is 2. The summed E-state index contributed by atoms with van der Waals surface area (Å²) in [4.78, 5) is 4.98. The molecule has 2 aromatic carbocycles. The highest BCUT2D eigenvalue weighted by Gasteiger charge is 2.33. The zero-order valence-electron chi connectivity index (χ0n) is 20.7. The Hall–Kier alpha value is -2.97. The number of methoxy groups -OCH3 is 2. The minimum Gasteiger partial charge on any atom is -0.497 e. The number of hydrogen-bond donors (Lipinski definition) is 0.